The molecule has 1 N–H and O–H groups in total. The third-order valence-electron chi connectivity index (χ3n) is 2.66. The van der Waals surface area contributed by atoms with E-state index in [4.69, 9.17) is 21.4 Å². The molecule has 0 saturated heterocycles. The predicted octanol–water partition coefficient (Wildman–Crippen LogP) is 3.03. The summed E-state index contributed by atoms with van der Waals surface area (Å²) >= 11 is 5.82. The minimum absolute atomic E-state index is 0.0716. The highest BCUT2D eigenvalue weighted by atomic mass is 35.5. The topological polar surface area (TPSA) is 81.4 Å². The molecule has 0 amide bonds. The number of nitrogens with zero attached hydrogens (tertiary/aromatic N) is 2. The quantitative estimate of drug-likeness (QED) is 0.693. The van der Waals surface area contributed by atoms with Crippen LogP contribution in [0.1, 0.15) is 40.9 Å². The van der Waals surface area contributed by atoms with Crippen LogP contribution in [-0.4, -0.2) is 26.8 Å². The van der Waals surface area contributed by atoms with Crippen molar-refractivity contribution in [2.45, 2.75) is 19.9 Å². The highest BCUT2D eigenvalue weighted by Gasteiger charge is 2.22. The monoisotopic (exact) mass is 308 g/mol. The highest BCUT2D eigenvalue weighted by Crippen LogP contribution is 2.19. The summed E-state index contributed by atoms with van der Waals surface area (Å²) in [6.07, 6.45) is 0. The highest BCUT2D eigenvalue weighted by molar-refractivity contribution is 6.30. The van der Waals surface area contributed by atoms with E-state index in [0.29, 0.717) is 5.02 Å². The molecule has 1 aromatic carbocycles. The van der Waals surface area contributed by atoms with Crippen molar-refractivity contribution >= 4 is 23.5 Å². The average Bonchev–Trinajstić information content (AvgIpc) is 2.84. The molecule has 0 saturated carbocycles. The Hall–Kier alpha value is -2.34. The van der Waals surface area contributed by atoms with Crippen LogP contribution in [-0.2, 0) is 0 Å². The lowest BCUT2D eigenvalue weighted by Crippen LogP contribution is -2.17. The molecule has 7 heteroatoms. The van der Waals surface area contributed by atoms with Crippen LogP contribution in [0.15, 0.2) is 30.3 Å². The second-order valence-electron chi connectivity index (χ2n) is 4.61. The molecular formula is C14H13ClN2O4. The zero-order valence-corrected chi connectivity index (χ0v) is 12.2. The SMILES string of the molecule is CC(C)n1nc(C(=O)O)cc1C(=O)Oc1cccc(Cl)c1. The third-order valence-corrected chi connectivity index (χ3v) is 2.89. The van der Waals surface area contributed by atoms with Crippen molar-refractivity contribution in [3.8, 4) is 5.75 Å². The summed E-state index contributed by atoms with van der Waals surface area (Å²) in [4.78, 5) is 23.1. The number of carboxylic acid groups (broad SMARTS) is 1. The lowest BCUT2D eigenvalue weighted by atomic mass is 10.3. The molecule has 0 bridgehead atoms. The summed E-state index contributed by atoms with van der Waals surface area (Å²) in [5, 5.41) is 13.3. The molecule has 1 aromatic heterocycles. The van der Waals surface area contributed by atoms with Gasteiger partial charge < -0.3 is 9.84 Å². The fourth-order valence-corrected chi connectivity index (χ4v) is 1.92. The summed E-state index contributed by atoms with van der Waals surface area (Å²) in [7, 11) is 0. The van der Waals surface area contributed by atoms with Crippen LogP contribution in [0.4, 0.5) is 0 Å². The van der Waals surface area contributed by atoms with Crippen molar-refractivity contribution in [3.05, 3.63) is 46.7 Å². The molecule has 1 heterocycles. The molecule has 0 atom stereocenters. The lowest BCUT2D eigenvalue weighted by Gasteiger charge is -2.10. The number of carbonyl (C=O) groups is 2. The fraction of sp³-hybridized carbons (Fsp3) is 0.214. The van der Waals surface area contributed by atoms with Gasteiger partial charge in [0, 0.05) is 17.1 Å². The van der Waals surface area contributed by atoms with Crippen molar-refractivity contribution in [1.29, 1.82) is 0 Å². The largest absolute Gasteiger partial charge is 0.476 e. The number of carbonyl (C=O) groups excluding carboxylic acids is 1. The van der Waals surface area contributed by atoms with E-state index in [-0.39, 0.29) is 23.2 Å². The van der Waals surface area contributed by atoms with Gasteiger partial charge in [-0.3, -0.25) is 4.68 Å². The summed E-state index contributed by atoms with van der Waals surface area (Å²) < 4.78 is 6.50. The van der Waals surface area contributed by atoms with Gasteiger partial charge >= 0.3 is 11.9 Å². The maximum atomic E-state index is 12.2. The van der Waals surface area contributed by atoms with Gasteiger partial charge in [-0.15, -0.1) is 0 Å². The number of aromatic nitrogens is 2. The van der Waals surface area contributed by atoms with E-state index < -0.39 is 11.9 Å². The van der Waals surface area contributed by atoms with E-state index in [9.17, 15) is 9.59 Å². The minimum atomic E-state index is -1.20. The molecule has 0 fully saturated rings. The zero-order chi connectivity index (χ0) is 15.6. The lowest BCUT2D eigenvalue weighted by molar-refractivity contribution is 0.0686. The number of benzene rings is 1. The van der Waals surface area contributed by atoms with Gasteiger partial charge in [0.1, 0.15) is 11.4 Å². The molecule has 0 radical (unpaired) electrons. The number of aromatic carboxylic acids is 1. The van der Waals surface area contributed by atoms with E-state index in [1.807, 2.05) is 0 Å². The van der Waals surface area contributed by atoms with Crippen LogP contribution in [0.5, 0.6) is 5.75 Å². The first kappa shape index (κ1) is 15.1. The third kappa shape index (κ3) is 3.41. The van der Waals surface area contributed by atoms with Crippen molar-refractivity contribution in [3.63, 3.8) is 0 Å². The van der Waals surface area contributed by atoms with Gasteiger partial charge in [-0.2, -0.15) is 5.10 Å². The van der Waals surface area contributed by atoms with E-state index in [0.717, 1.165) is 0 Å². The number of carboxylic acids is 1. The number of esters is 1. The molecule has 2 rings (SSSR count). The Morgan fingerprint density at radius 2 is 2.05 bits per heavy atom. The number of hydrogen-bond acceptors (Lipinski definition) is 4. The molecule has 0 unspecified atom stereocenters. The molecule has 0 aliphatic carbocycles. The van der Waals surface area contributed by atoms with Crippen LogP contribution in [0, 0.1) is 0 Å². The second kappa shape index (κ2) is 5.97. The number of rotatable bonds is 4. The van der Waals surface area contributed by atoms with Gasteiger partial charge in [-0.05, 0) is 32.0 Å². The maximum Gasteiger partial charge on any atom is 0.362 e. The van der Waals surface area contributed by atoms with Gasteiger partial charge in [0.25, 0.3) is 0 Å². The van der Waals surface area contributed by atoms with Crippen LogP contribution >= 0.6 is 11.6 Å². The van der Waals surface area contributed by atoms with E-state index in [1.165, 1.54) is 16.8 Å². The molecule has 0 aliphatic rings. The van der Waals surface area contributed by atoms with Crippen molar-refractivity contribution < 1.29 is 19.4 Å². The molecular weight excluding hydrogens is 296 g/mol. The fourth-order valence-electron chi connectivity index (χ4n) is 1.73. The van der Waals surface area contributed by atoms with Crippen LogP contribution < -0.4 is 4.74 Å². The Bertz CT molecular complexity index is 694. The first-order valence-corrected chi connectivity index (χ1v) is 6.57. The predicted molar refractivity (Wildman–Crippen MR) is 76.0 cm³/mol. The summed E-state index contributed by atoms with van der Waals surface area (Å²) in [5.74, 6) is -1.61. The summed E-state index contributed by atoms with van der Waals surface area (Å²) in [5.41, 5.74) is -0.135. The van der Waals surface area contributed by atoms with Crippen LogP contribution in [0.25, 0.3) is 0 Å². The Balaban J connectivity index is 2.32. The molecule has 0 aliphatic heterocycles. The van der Waals surface area contributed by atoms with Crippen LogP contribution in [0.3, 0.4) is 0 Å². The van der Waals surface area contributed by atoms with E-state index in [2.05, 4.69) is 5.10 Å². The molecule has 2 aromatic rings. The Morgan fingerprint density at radius 1 is 1.33 bits per heavy atom. The van der Waals surface area contributed by atoms with Gasteiger partial charge in [-0.1, -0.05) is 17.7 Å². The van der Waals surface area contributed by atoms with Crippen molar-refractivity contribution in [2.75, 3.05) is 0 Å². The average molecular weight is 309 g/mol. The smallest absolute Gasteiger partial charge is 0.362 e. The first-order valence-electron chi connectivity index (χ1n) is 6.19. The Kier molecular flexibility index (Phi) is 4.28. The first-order chi connectivity index (χ1) is 9.88. The second-order valence-corrected chi connectivity index (χ2v) is 5.04. The number of ether oxygens (including phenoxy) is 1. The summed E-state index contributed by atoms with van der Waals surface area (Å²) in [6, 6.07) is 7.38. The Labute approximate surface area is 125 Å². The zero-order valence-electron chi connectivity index (χ0n) is 11.4. The van der Waals surface area contributed by atoms with Gasteiger partial charge in [0.15, 0.2) is 5.69 Å². The summed E-state index contributed by atoms with van der Waals surface area (Å²) in [6.45, 7) is 3.57. The van der Waals surface area contributed by atoms with E-state index >= 15 is 0 Å². The molecule has 6 nitrogen and oxygen atoms in total. The normalized spacial score (nSPS) is 10.7. The van der Waals surface area contributed by atoms with E-state index in [1.54, 1.807) is 32.0 Å². The standard InChI is InChI=1S/C14H13ClN2O4/c1-8(2)17-12(7-11(16-17)13(18)19)14(20)21-10-5-3-4-9(15)6-10/h3-8H,1-2H3,(H,18,19). The van der Waals surface area contributed by atoms with Crippen molar-refractivity contribution in [1.82, 2.24) is 9.78 Å². The molecule has 21 heavy (non-hydrogen) atoms. The van der Waals surface area contributed by atoms with Crippen LogP contribution in [0.2, 0.25) is 5.02 Å². The maximum absolute atomic E-state index is 12.2. The number of hydrogen-bond donors (Lipinski definition) is 1. The van der Waals surface area contributed by atoms with Gasteiger partial charge in [0.2, 0.25) is 0 Å². The van der Waals surface area contributed by atoms with Crippen molar-refractivity contribution in [2.24, 2.45) is 0 Å². The minimum Gasteiger partial charge on any atom is -0.476 e. The number of halogens is 1. The molecule has 0 spiro atoms. The van der Waals surface area contributed by atoms with Gasteiger partial charge in [-0.25, -0.2) is 9.59 Å². The Morgan fingerprint density at radius 3 is 2.62 bits per heavy atom. The van der Waals surface area contributed by atoms with Gasteiger partial charge in [0.05, 0.1) is 0 Å². The molecule has 110 valence electrons.